The molecule has 98 valence electrons. The summed E-state index contributed by atoms with van der Waals surface area (Å²) in [5.41, 5.74) is 8.06. The van der Waals surface area contributed by atoms with Gasteiger partial charge in [0.1, 0.15) is 5.76 Å². The maximum Gasteiger partial charge on any atom is 0.417 e. The summed E-state index contributed by atoms with van der Waals surface area (Å²) in [7, 11) is 0. The number of aromatic amines is 1. The number of hydrogen-bond acceptors (Lipinski definition) is 6. The lowest BCUT2D eigenvalue weighted by Crippen LogP contribution is -2.02. The summed E-state index contributed by atoms with van der Waals surface area (Å²) in [6.07, 6.45) is 1.65. The highest BCUT2D eigenvalue weighted by Gasteiger charge is 2.07. The molecule has 0 saturated carbocycles. The number of hydrogen-bond donors (Lipinski definition) is 3. The molecule has 0 amide bonds. The fourth-order valence-electron chi connectivity index (χ4n) is 1.82. The second-order valence-corrected chi connectivity index (χ2v) is 4.17. The highest BCUT2D eigenvalue weighted by Crippen LogP contribution is 2.24. The topological polar surface area (TPSA) is 110 Å². The number of benzene rings is 1. The van der Waals surface area contributed by atoms with Crippen LogP contribution in [0.2, 0.25) is 0 Å². The van der Waals surface area contributed by atoms with Gasteiger partial charge in [-0.05, 0) is 13.0 Å². The number of aromatic nitrogens is 2. The molecular weight excluding hydrogens is 248 g/mol. The van der Waals surface area contributed by atoms with Crippen LogP contribution < -0.4 is 16.8 Å². The standard InChI is InChI=1S/C12H12N4O3/c1-6-4-15-11(18-6)5-14-8-3-9-10(2-7(8)13)19-12(17)16-9/h2-4,14H,5,13H2,1H3,(H,16,17). The molecule has 0 unspecified atom stereocenters. The SMILES string of the molecule is Cc1cnc(CNc2cc3[nH]c(=O)oc3cc2N)o1. The van der Waals surface area contributed by atoms with E-state index in [0.29, 0.717) is 34.9 Å². The van der Waals surface area contributed by atoms with Crippen LogP contribution in [0.1, 0.15) is 11.7 Å². The third-order valence-corrected chi connectivity index (χ3v) is 2.69. The molecule has 0 aliphatic carbocycles. The van der Waals surface area contributed by atoms with Crippen molar-refractivity contribution in [2.24, 2.45) is 0 Å². The van der Waals surface area contributed by atoms with Crippen molar-refractivity contribution in [2.75, 3.05) is 11.1 Å². The Bertz CT molecular complexity index is 784. The summed E-state index contributed by atoms with van der Waals surface area (Å²) in [6.45, 7) is 2.23. The molecule has 2 aromatic heterocycles. The molecular formula is C12H12N4O3. The van der Waals surface area contributed by atoms with Gasteiger partial charge >= 0.3 is 5.76 Å². The molecule has 0 bridgehead atoms. The van der Waals surface area contributed by atoms with Gasteiger partial charge in [0.2, 0.25) is 5.89 Å². The summed E-state index contributed by atoms with van der Waals surface area (Å²) in [5, 5.41) is 3.10. The average molecular weight is 260 g/mol. The highest BCUT2D eigenvalue weighted by molar-refractivity contribution is 5.85. The summed E-state index contributed by atoms with van der Waals surface area (Å²) < 4.78 is 10.3. The average Bonchev–Trinajstić information content (AvgIpc) is 2.91. The number of oxazole rings is 2. The molecule has 4 N–H and O–H groups in total. The van der Waals surface area contributed by atoms with Gasteiger partial charge in [0, 0.05) is 6.07 Å². The van der Waals surface area contributed by atoms with Crippen molar-refractivity contribution >= 4 is 22.5 Å². The van der Waals surface area contributed by atoms with E-state index in [0.717, 1.165) is 5.76 Å². The molecule has 1 aromatic carbocycles. The van der Waals surface area contributed by atoms with Crippen LogP contribution in [-0.2, 0) is 6.54 Å². The van der Waals surface area contributed by atoms with E-state index in [1.54, 1.807) is 18.3 Å². The van der Waals surface area contributed by atoms with Crippen LogP contribution in [0.4, 0.5) is 11.4 Å². The monoisotopic (exact) mass is 260 g/mol. The quantitative estimate of drug-likeness (QED) is 0.617. The molecule has 19 heavy (non-hydrogen) atoms. The predicted molar refractivity (Wildman–Crippen MR) is 69.8 cm³/mol. The number of nitrogens with zero attached hydrogens (tertiary/aromatic N) is 1. The number of rotatable bonds is 3. The largest absolute Gasteiger partial charge is 0.444 e. The summed E-state index contributed by atoms with van der Waals surface area (Å²) in [4.78, 5) is 17.7. The van der Waals surface area contributed by atoms with Crippen LogP contribution in [0, 0.1) is 6.92 Å². The first-order valence-electron chi connectivity index (χ1n) is 5.69. The van der Waals surface area contributed by atoms with Crippen LogP contribution in [0.5, 0.6) is 0 Å². The van der Waals surface area contributed by atoms with E-state index in [-0.39, 0.29) is 0 Å². The molecule has 0 aliphatic rings. The lowest BCUT2D eigenvalue weighted by Gasteiger charge is -2.06. The number of nitrogens with one attached hydrogen (secondary N) is 2. The molecule has 3 aromatic rings. The zero-order chi connectivity index (χ0) is 13.4. The number of nitrogen functional groups attached to an aromatic ring is 1. The van der Waals surface area contributed by atoms with E-state index in [9.17, 15) is 4.79 Å². The molecule has 2 heterocycles. The van der Waals surface area contributed by atoms with Crippen molar-refractivity contribution in [3.05, 3.63) is 40.5 Å². The molecule has 0 radical (unpaired) electrons. The van der Waals surface area contributed by atoms with Crippen LogP contribution in [-0.4, -0.2) is 9.97 Å². The van der Waals surface area contributed by atoms with E-state index in [1.165, 1.54) is 0 Å². The van der Waals surface area contributed by atoms with Crippen molar-refractivity contribution in [3.63, 3.8) is 0 Å². The first kappa shape index (κ1) is 11.4. The van der Waals surface area contributed by atoms with Gasteiger partial charge in [0.15, 0.2) is 5.58 Å². The predicted octanol–water partition coefficient (Wildman–Crippen LogP) is 1.61. The Morgan fingerprint density at radius 3 is 3.00 bits per heavy atom. The van der Waals surface area contributed by atoms with E-state index < -0.39 is 5.76 Å². The van der Waals surface area contributed by atoms with Crippen molar-refractivity contribution in [3.8, 4) is 0 Å². The van der Waals surface area contributed by atoms with E-state index in [2.05, 4.69) is 15.3 Å². The van der Waals surface area contributed by atoms with Crippen molar-refractivity contribution in [2.45, 2.75) is 13.5 Å². The number of anilines is 2. The van der Waals surface area contributed by atoms with Gasteiger partial charge in [-0.3, -0.25) is 4.98 Å². The van der Waals surface area contributed by atoms with Crippen LogP contribution in [0.25, 0.3) is 11.1 Å². The van der Waals surface area contributed by atoms with Gasteiger partial charge in [-0.15, -0.1) is 0 Å². The Morgan fingerprint density at radius 2 is 2.26 bits per heavy atom. The minimum absolute atomic E-state index is 0.408. The first-order valence-corrected chi connectivity index (χ1v) is 5.69. The highest BCUT2D eigenvalue weighted by atomic mass is 16.4. The third-order valence-electron chi connectivity index (χ3n) is 2.69. The second kappa shape index (κ2) is 4.20. The Kier molecular flexibility index (Phi) is 2.52. The van der Waals surface area contributed by atoms with Crippen molar-refractivity contribution < 1.29 is 8.83 Å². The summed E-state index contributed by atoms with van der Waals surface area (Å²) >= 11 is 0. The zero-order valence-corrected chi connectivity index (χ0v) is 10.2. The van der Waals surface area contributed by atoms with Gasteiger partial charge in [0.05, 0.1) is 29.6 Å². The Balaban J connectivity index is 1.87. The molecule has 3 rings (SSSR count). The Morgan fingerprint density at radius 1 is 1.42 bits per heavy atom. The van der Waals surface area contributed by atoms with Crippen LogP contribution in [0.15, 0.2) is 32.0 Å². The summed E-state index contributed by atoms with van der Waals surface area (Å²) in [6, 6.07) is 3.31. The van der Waals surface area contributed by atoms with Gasteiger partial charge in [-0.1, -0.05) is 0 Å². The molecule has 0 fully saturated rings. The fraction of sp³-hybridized carbons (Fsp3) is 0.167. The molecule has 0 saturated heterocycles. The number of aryl methyl sites for hydroxylation is 1. The lowest BCUT2D eigenvalue weighted by molar-refractivity contribution is 0.479. The minimum atomic E-state index is -0.505. The van der Waals surface area contributed by atoms with Gasteiger partial charge < -0.3 is 19.9 Å². The summed E-state index contributed by atoms with van der Waals surface area (Å²) in [5.74, 6) is 0.812. The van der Waals surface area contributed by atoms with Crippen molar-refractivity contribution in [1.82, 2.24) is 9.97 Å². The van der Waals surface area contributed by atoms with Crippen LogP contribution >= 0.6 is 0 Å². The lowest BCUT2D eigenvalue weighted by atomic mass is 10.2. The van der Waals surface area contributed by atoms with Gasteiger partial charge in [-0.2, -0.15) is 0 Å². The minimum Gasteiger partial charge on any atom is -0.444 e. The zero-order valence-electron chi connectivity index (χ0n) is 10.2. The van der Waals surface area contributed by atoms with E-state index in [4.69, 9.17) is 14.6 Å². The maximum absolute atomic E-state index is 11.1. The molecule has 0 aliphatic heterocycles. The number of fused-ring (bicyclic) bond motifs is 1. The van der Waals surface area contributed by atoms with E-state index in [1.807, 2.05) is 6.92 Å². The first-order chi connectivity index (χ1) is 9.11. The van der Waals surface area contributed by atoms with Gasteiger partial charge in [0.25, 0.3) is 0 Å². The van der Waals surface area contributed by atoms with Crippen LogP contribution in [0.3, 0.4) is 0 Å². The number of nitrogens with two attached hydrogens (primary N) is 1. The van der Waals surface area contributed by atoms with Gasteiger partial charge in [-0.25, -0.2) is 9.78 Å². The molecule has 0 spiro atoms. The van der Waals surface area contributed by atoms with E-state index >= 15 is 0 Å². The second-order valence-electron chi connectivity index (χ2n) is 4.17. The number of H-pyrrole nitrogens is 1. The fourth-order valence-corrected chi connectivity index (χ4v) is 1.82. The Hall–Kier alpha value is -2.70. The smallest absolute Gasteiger partial charge is 0.417 e. The maximum atomic E-state index is 11.1. The van der Waals surface area contributed by atoms with Crippen molar-refractivity contribution in [1.29, 1.82) is 0 Å². The Labute approximate surface area is 107 Å². The molecule has 0 atom stereocenters. The molecule has 7 nitrogen and oxygen atoms in total. The normalized spacial score (nSPS) is 11.0. The third kappa shape index (κ3) is 2.17. The molecule has 7 heteroatoms.